The van der Waals surface area contributed by atoms with Gasteiger partial charge in [-0.15, -0.1) is 0 Å². The van der Waals surface area contributed by atoms with Gasteiger partial charge in [0.1, 0.15) is 11.2 Å². The molecular weight excluding hydrogens is 536 g/mol. The zero-order valence-corrected chi connectivity index (χ0v) is 25.7. The molecule has 2 amide bonds. The third kappa shape index (κ3) is 11.2. The Morgan fingerprint density at radius 2 is 1.00 bits per heavy atom. The normalized spacial score (nSPS) is 22.4. The number of amides is 2. The summed E-state index contributed by atoms with van der Waals surface area (Å²) < 4.78 is 10.7. The van der Waals surface area contributed by atoms with Crippen LogP contribution in [0.5, 0.6) is 0 Å². The second-order valence-electron chi connectivity index (χ2n) is 12.9. The van der Waals surface area contributed by atoms with Crippen LogP contribution in [0.2, 0.25) is 0 Å². The van der Waals surface area contributed by atoms with Gasteiger partial charge in [-0.3, -0.25) is 0 Å². The minimum Gasteiger partial charge on any atom is -0.444 e. The Labute approximate surface area is 250 Å². The van der Waals surface area contributed by atoms with E-state index in [1.807, 2.05) is 102 Å². The summed E-state index contributed by atoms with van der Waals surface area (Å²) in [5.74, 6) is 0. The van der Waals surface area contributed by atoms with Gasteiger partial charge in [-0.25, -0.2) is 9.59 Å². The molecule has 2 fully saturated rings. The molecule has 4 atom stereocenters. The molecule has 232 valence electrons. The molecular formula is C32H48N4O6. The first-order valence-corrected chi connectivity index (χ1v) is 14.6. The number of aliphatic hydroxyl groups excluding tert-OH is 2. The number of nitrogens with one attached hydrogen (secondary N) is 2. The van der Waals surface area contributed by atoms with E-state index in [0.717, 1.165) is 11.1 Å². The van der Waals surface area contributed by atoms with Crippen molar-refractivity contribution in [2.75, 3.05) is 26.2 Å². The highest BCUT2D eigenvalue weighted by molar-refractivity contribution is 5.69. The highest BCUT2D eigenvalue weighted by Gasteiger charge is 2.37. The average molecular weight is 585 g/mol. The van der Waals surface area contributed by atoms with Crippen LogP contribution in [-0.2, 0) is 22.6 Å². The first-order valence-electron chi connectivity index (χ1n) is 14.6. The first-order chi connectivity index (χ1) is 19.7. The maximum Gasteiger partial charge on any atom is 0.410 e. The number of benzene rings is 2. The molecule has 4 rings (SSSR count). The summed E-state index contributed by atoms with van der Waals surface area (Å²) in [6.45, 7) is 13.9. The molecule has 10 heteroatoms. The van der Waals surface area contributed by atoms with Crippen LogP contribution in [0, 0.1) is 0 Å². The number of rotatable bonds is 6. The molecule has 0 aliphatic carbocycles. The van der Waals surface area contributed by atoms with Crippen LogP contribution in [0.25, 0.3) is 0 Å². The number of carbonyl (C=O) groups is 2. The fourth-order valence-corrected chi connectivity index (χ4v) is 4.62. The highest BCUT2D eigenvalue weighted by atomic mass is 16.6. The molecule has 0 bridgehead atoms. The van der Waals surface area contributed by atoms with Gasteiger partial charge in [-0.05, 0) is 52.7 Å². The Balaban J connectivity index is 0.000000230. The Morgan fingerprint density at radius 1 is 0.667 bits per heavy atom. The van der Waals surface area contributed by atoms with E-state index >= 15 is 0 Å². The van der Waals surface area contributed by atoms with Crippen LogP contribution in [0.4, 0.5) is 9.59 Å². The maximum absolute atomic E-state index is 12.0. The monoisotopic (exact) mass is 584 g/mol. The SMILES string of the molecule is CC(C)(C)OC(=O)N1C[C@@H](O)[C@H](NCc2ccccc2)C1.CC(C)(C)OC(=O)N1C[C@H](NCc2ccccc2)[C@@H](O)C1. The third-order valence-electron chi connectivity index (χ3n) is 6.70. The van der Waals surface area contributed by atoms with Crippen molar-refractivity contribution in [2.24, 2.45) is 0 Å². The van der Waals surface area contributed by atoms with Gasteiger partial charge < -0.3 is 40.1 Å². The lowest BCUT2D eigenvalue weighted by molar-refractivity contribution is 0.0261. The van der Waals surface area contributed by atoms with E-state index in [4.69, 9.17) is 9.47 Å². The Hall–Kier alpha value is -3.18. The number of nitrogens with zero attached hydrogens (tertiary/aromatic N) is 2. The van der Waals surface area contributed by atoms with Gasteiger partial charge >= 0.3 is 12.2 Å². The van der Waals surface area contributed by atoms with Gasteiger partial charge in [0.25, 0.3) is 0 Å². The van der Waals surface area contributed by atoms with Crippen LogP contribution < -0.4 is 10.6 Å². The van der Waals surface area contributed by atoms with E-state index in [0.29, 0.717) is 39.3 Å². The van der Waals surface area contributed by atoms with E-state index in [1.165, 1.54) is 0 Å². The van der Waals surface area contributed by atoms with Crippen LogP contribution in [0.3, 0.4) is 0 Å². The third-order valence-corrected chi connectivity index (χ3v) is 6.70. The summed E-state index contributed by atoms with van der Waals surface area (Å²) in [4.78, 5) is 27.1. The lowest BCUT2D eigenvalue weighted by Crippen LogP contribution is -2.39. The van der Waals surface area contributed by atoms with Crippen molar-refractivity contribution >= 4 is 12.2 Å². The summed E-state index contributed by atoms with van der Waals surface area (Å²) in [5, 5.41) is 26.7. The minimum absolute atomic E-state index is 0.127. The van der Waals surface area contributed by atoms with Crippen molar-refractivity contribution in [3.63, 3.8) is 0 Å². The van der Waals surface area contributed by atoms with Gasteiger partial charge in [0, 0.05) is 26.2 Å². The molecule has 2 heterocycles. The number of likely N-dealkylation sites (tertiary alicyclic amines) is 2. The average Bonchev–Trinajstić information content (AvgIpc) is 3.48. The standard InChI is InChI=1S/2C16H24N2O3/c2*1-16(2,3)21-15(20)18-10-13(14(19)11-18)17-9-12-7-5-4-6-8-12/h2*4-8,13-14,17,19H,9-11H2,1-3H3/t2*13-,14-/m10/s1. The summed E-state index contributed by atoms with van der Waals surface area (Å²) >= 11 is 0. The van der Waals surface area contributed by atoms with Gasteiger partial charge in [0.15, 0.2) is 0 Å². The second kappa shape index (κ2) is 14.8. The number of ether oxygens (including phenoxy) is 2. The quantitative estimate of drug-likeness (QED) is 0.407. The molecule has 0 spiro atoms. The predicted molar refractivity (Wildman–Crippen MR) is 162 cm³/mol. The number of aliphatic hydroxyl groups is 2. The number of carbonyl (C=O) groups excluding carboxylic acids is 2. The Bertz CT molecular complexity index is 1030. The summed E-state index contributed by atoms with van der Waals surface area (Å²) in [6, 6.07) is 19.7. The zero-order valence-electron chi connectivity index (χ0n) is 25.7. The van der Waals surface area contributed by atoms with Crippen LogP contribution in [0.15, 0.2) is 60.7 Å². The van der Waals surface area contributed by atoms with Crippen molar-refractivity contribution in [2.45, 2.75) is 90.1 Å². The molecule has 42 heavy (non-hydrogen) atoms. The molecule has 2 aliphatic rings. The molecule has 0 unspecified atom stereocenters. The molecule has 2 aromatic carbocycles. The number of hydrogen-bond acceptors (Lipinski definition) is 8. The summed E-state index contributed by atoms with van der Waals surface area (Å²) in [6.07, 6.45) is -1.88. The Morgan fingerprint density at radius 3 is 1.31 bits per heavy atom. The van der Waals surface area contributed by atoms with E-state index in [9.17, 15) is 19.8 Å². The maximum atomic E-state index is 12.0. The fraction of sp³-hybridized carbons (Fsp3) is 0.562. The smallest absolute Gasteiger partial charge is 0.410 e. The van der Waals surface area contributed by atoms with Crippen molar-refractivity contribution < 1.29 is 29.3 Å². The lowest BCUT2D eigenvalue weighted by atomic mass is 10.2. The molecule has 2 aliphatic heterocycles. The first kappa shape index (κ1) is 33.3. The van der Waals surface area contributed by atoms with E-state index in [-0.39, 0.29) is 24.3 Å². The number of β-amino-alcohol motifs (C(OH)–C–C–N with tert-alkyl or cyclic N) is 2. The summed E-state index contributed by atoms with van der Waals surface area (Å²) in [5.41, 5.74) is 1.27. The van der Waals surface area contributed by atoms with Crippen LogP contribution in [-0.4, -0.2) is 93.9 Å². The zero-order chi connectivity index (χ0) is 30.9. The Kier molecular flexibility index (Phi) is 11.8. The predicted octanol–water partition coefficient (Wildman–Crippen LogP) is 3.51. The van der Waals surface area contributed by atoms with E-state index in [1.54, 1.807) is 9.80 Å². The van der Waals surface area contributed by atoms with Crippen molar-refractivity contribution in [3.8, 4) is 0 Å². The molecule has 2 saturated heterocycles. The van der Waals surface area contributed by atoms with Crippen molar-refractivity contribution in [3.05, 3.63) is 71.8 Å². The lowest BCUT2D eigenvalue weighted by Gasteiger charge is -2.24. The summed E-state index contributed by atoms with van der Waals surface area (Å²) in [7, 11) is 0. The van der Waals surface area contributed by atoms with Crippen molar-refractivity contribution in [1.82, 2.24) is 20.4 Å². The number of hydrogen-bond donors (Lipinski definition) is 4. The molecule has 4 N–H and O–H groups in total. The van der Waals surface area contributed by atoms with Gasteiger partial charge in [0.05, 0.1) is 37.4 Å². The molecule has 2 aromatic rings. The molecule has 10 nitrogen and oxygen atoms in total. The van der Waals surface area contributed by atoms with Gasteiger partial charge in [-0.1, -0.05) is 60.7 Å². The van der Waals surface area contributed by atoms with Gasteiger partial charge in [0.2, 0.25) is 0 Å². The van der Waals surface area contributed by atoms with Crippen molar-refractivity contribution in [1.29, 1.82) is 0 Å². The minimum atomic E-state index is -0.568. The molecule has 0 aromatic heterocycles. The molecule has 0 saturated carbocycles. The van der Waals surface area contributed by atoms with E-state index < -0.39 is 23.4 Å². The van der Waals surface area contributed by atoms with Crippen LogP contribution >= 0.6 is 0 Å². The highest BCUT2D eigenvalue weighted by Crippen LogP contribution is 2.17. The topological polar surface area (TPSA) is 124 Å². The largest absolute Gasteiger partial charge is 0.444 e. The fourth-order valence-electron chi connectivity index (χ4n) is 4.62. The second-order valence-corrected chi connectivity index (χ2v) is 12.9. The molecule has 0 radical (unpaired) electrons. The van der Waals surface area contributed by atoms with E-state index in [2.05, 4.69) is 10.6 Å². The van der Waals surface area contributed by atoms with Crippen LogP contribution in [0.1, 0.15) is 52.7 Å². The van der Waals surface area contributed by atoms with Gasteiger partial charge in [-0.2, -0.15) is 0 Å².